The van der Waals surface area contributed by atoms with E-state index in [0.717, 1.165) is 11.3 Å². The van der Waals surface area contributed by atoms with Crippen LogP contribution in [0.2, 0.25) is 0 Å². The van der Waals surface area contributed by atoms with Gasteiger partial charge >= 0.3 is 0 Å². The Morgan fingerprint density at radius 2 is 1.79 bits per heavy atom. The maximum atomic E-state index is 13.1. The summed E-state index contributed by atoms with van der Waals surface area (Å²) in [6, 6.07) is 9.06. The fraction of sp³-hybridized carbons (Fsp3) is 0.429. The molecule has 3 amide bonds. The highest BCUT2D eigenvalue weighted by atomic mass is 32.2. The summed E-state index contributed by atoms with van der Waals surface area (Å²) in [7, 11) is 0. The number of likely N-dealkylation sites (tertiary alicyclic amines) is 1. The summed E-state index contributed by atoms with van der Waals surface area (Å²) < 4.78 is 0. The van der Waals surface area contributed by atoms with Crippen molar-refractivity contribution in [1.82, 2.24) is 9.80 Å². The highest BCUT2D eigenvalue weighted by molar-refractivity contribution is 8.14. The van der Waals surface area contributed by atoms with Crippen LogP contribution in [0.4, 0.5) is 0 Å². The number of thioether (sulfide) groups is 1. The van der Waals surface area contributed by atoms with E-state index in [1.54, 1.807) is 11.8 Å². The van der Waals surface area contributed by atoms with Crippen LogP contribution in [0.3, 0.4) is 0 Å². The van der Waals surface area contributed by atoms with Crippen molar-refractivity contribution >= 4 is 34.7 Å². The third-order valence-corrected chi connectivity index (χ3v) is 6.56. The minimum Gasteiger partial charge on any atom is -0.289 e. The molecule has 2 aliphatic heterocycles. The van der Waals surface area contributed by atoms with E-state index in [2.05, 4.69) is 4.99 Å². The fourth-order valence-corrected chi connectivity index (χ4v) is 4.97. The van der Waals surface area contributed by atoms with Crippen LogP contribution in [0.25, 0.3) is 0 Å². The van der Waals surface area contributed by atoms with Crippen LogP contribution in [0.15, 0.2) is 47.5 Å². The predicted octanol–water partition coefficient (Wildman–Crippen LogP) is 2.46. The molecule has 0 N–H and O–H groups in total. The van der Waals surface area contributed by atoms with Crippen molar-refractivity contribution < 1.29 is 14.4 Å². The molecule has 2 fully saturated rings. The van der Waals surface area contributed by atoms with Crippen molar-refractivity contribution in [1.29, 1.82) is 0 Å². The van der Waals surface area contributed by atoms with Gasteiger partial charge in [-0.05, 0) is 25.3 Å². The SMILES string of the molecule is C[C@@H](C(=O)N1CCSC1=NCc1ccccc1)N1C(=O)C2CC=CCC2C1=O. The first-order valence-electron chi connectivity index (χ1n) is 9.62. The molecule has 4 rings (SSSR count). The zero-order valence-electron chi connectivity index (χ0n) is 15.8. The van der Waals surface area contributed by atoms with Gasteiger partial charge in [-0.2, -0.15) is 0 Å². The first-order chi connectivity index (χ1) is 13.6. The second-order valence-electron chi connectivity index (χ2n) is 7.30. The van der Waals surface area contributed by atoms with Gasteiger partial charge in [0.1, 0.15) is 6.04 Å². The van der Waals surface area contributed by atoms with E-state index in [1.807, 2.05) is 42.5 Å². The normalized spacial score (nSPS) is 26.8. The molecule has 0 aromatic heterocycles. The Hall–Kier alpha value is -2.41. The standard InChI is InChI=1S/C21H23N3O3S/c1-14(24-19(26)16-9-5-6-10-17(16)20(24)27)18(25)23-11-12-28-21(23)22-13-15-7-3-2-4-8-15/h2-8,14,16-17H,9-13H2,1H3/t14-,16?,17?/m0/s1. The van der Waals surface area contributed by atoms with E-state index in [4.69, 9.17) is 0 Å². The highest BCUT2D eigenvalue weighted by Gasteiger charge is 2.51. The second-order valence-corrected chi connectivity index (χ2v) is 8.36. The van der Waals surface area contributed by atoms with Crippen LogP contribution < -0.4 is 0 Å². The molecule has 7 heteroatoms. The van der Waals surface area contributed by atoms with Crippen molar-refractivity contribution in [3.63, 3.8) is 0 Å². The molecule has 0 bridgehead atoms. The quantitative estimate of drug-likeness (QED) is 0.578. The topological polar surface area (TPSA) is 70.1 Å². The number of allylic oxidation sites excluding steroid dienone is 2. The lowest BCUT2D eigenvalue weighted by atomic mass is 9.85. The van der Waals surface area contributed by atoms with Gasteiger partial charge in [-0.15, -0.1) is 0 Å². The Morgan fingerprint density at radius 1 is 1.14 bits per heavy atom. The van der Waals surface area contributed by atoms with Crippen LogP contribution >= 0.6 is 11.8 Å². The lowest BCUT2D eigenvalue weighted by molar-refractivity contribution is -0.149. The number of hydrogen-bond acceptors (Lipinski definition) is 5. The summed E-state index contributed by atoms with van der Waals surface area (Å²) in [6.07, 6.45) is 5.06. The lowest BCUT2D eigenvalue weighted by Gasteiger charge is -2.26. The summed E-state index contributed by atoms with van der Waals surface area (Å²) in [5.74, 6) is -0.517. The number of benzene rings is 1. The maximum Gasteiger partial charge on any atom is 0.251 e. The van der Waals surface area contributed by atoms with Crippen LogP contribution in [-0.4, -0.2) is 51.0 Å². The third kappa shape index (κ3) is 3.39. The van der Waals surface area contributed by atoms with Gasteiger partial charge in [0.15, 0.2) is 5.17 Å². The molecule has 1 aromatic carbocycles. The summed E-state index contributed by atoms with van der Waals surface area (Å²) in [5.41, 5.74) is 1.07. The lowest BCUT2D eigenvalue weighted by Crippen LogP contribution is -2.50. The molecule has 146 valence electrons. The molecule has 2 unspecified atom stereocenters. The van der Waals surface area contributed by atoms with Crippen LogP contribution in [-0.2, 0) is 20.9 Å². The van der Waals surface area contributed by atoms with Gasteiger partial charge in [0.25, 0.3) is 5.91 Å². The Balaban J connectivity index is 1.48. The van der Waals surface area contributed by atoms with Gasteiger partial charge in [-0.25, -0.2) is 0 Å². The zero-order valence-corrected chi connectivity index (χ0v) is 16.6. The number of nitrogens with zero attached hydrogens (tertiary/aromatic N) is 3. The number of amidine groups is 1. The number of fused-ring (bicyclic) bond motifs is 1. The van der Waals surface area contributed by atoms with Gasteiger partial charge < -0.3 is 0 Å². The van der Waals surface area contributed by atoms with E-state index in [0.29, 0.717) is 31.1 Å². The molecular weight excluding hydrogens is 374 g/mol. The van der Waals surface area contributed by atoms with Gasteiger partial charge in [0.05, 0.1) is 18.4 Å². The van der Waals surface area contributed by atoms with Crippen LogP contribution in [0.5, 0.6) is 0 Å². The molecule has 0 spiro atoms. The summed E-state index contributed by atoms with van der Waals surface area (Å²) in [6.45, 7) is 2.70. The monoisotopic (exact) mass is 397 g/mol. The molecule has 1 aliphatic carbocycles. The average molecular weight is 398 g/mol. The minimum atomic E-state index is -0.800. The number of carbonyl (C=O) groups is 3. The predicted molar refractivity (Wildman–Crippen MR) is 108 cm³/mol. The molecule has 0 radical (unpaired) electrons. The van der Waals surface area contributed by atoms with Gasteiger partial charge in [-0.1, -0.05) is 54.2 Å². The van der Waals surface area contributed by atoms with Crippen molar-refractivity contribution in [2.24, 2.45) is 16.8 Å². The molecule has 3 atom stereocenters. The molecule has 3 aliphatic rings. The number of aliphatic imine (C=N–C) groups is 1. The largest absolute Gasteiger partial charge is 0.289 e. The Kier molecular flexibility index (Phi) is 5.35. The number of rotatable bonds is 4. The molecule has 1 aromatic rings. The summed E-state index contributed by atoms with van der Waals surface area (Å²) in [5, 5.41) is 0.666. The fourth-order valence-electron chi connectivity index (χ4n) is 4.02. The number of hydrogen-bond donors (Lipinski definition) is 0. The van der Waals surface area contributed by atoms with Gasteiger partial charge in [0.2, 0.25) is 11.8 Å². The summed E-state index contributed by atoms with van der Waals surface area (Å²) in [4.78, 5) is 46.1. The van der Waals surface area contributed by atoms with Crippen molar-refractivity contribution in [3.05, 3.63) is 48.0 Å². The van der Waals surface area contributed by atoms with Gasteiger partial charge in [0, 0.05) is 12.3 Å². The zero-order chi connectivity index (χ0) is 19.7. The third-order valence-electron chi connectivity index (χ3n) is 5.57. The average Bonchev–Trinajstić information content (AvgIpc) is 3.29. The van der Waals surface area contributed by atoms with Crippen LogP contribution in [0, 0.1) is 11.8 Å². The van der Waals surface area contributed by atoms with E-state index < -0.39 is 6.04 Å². The molecule has 0 saturated carbocycles. The number of imide groups is 1. The number of carbonyl (C=O) groups excluding carboxylic acids is 3. The molecule has 2 saturated heterocycles. The number of amides is 3. The van der Waals surface area contributed by atoms with Crippen molar-refractivity contribution in [2.45, 2.75) is 32.4 Å². The smallest absolute Gasteiger partial charge is 0.251 e. The van der Waals surface area contributed by atoms with Crippen molar-refractivity contribution in [3.8, 4) is 0 Å². The Labute approximate surface area is 168 Å². The van der Waals surface area contributed by atoms with E-state index in [9.17, 15) is 14.4 Å². The second kappa shape index (κ2) is 7.91. The minimum absolute atomic E-state index is 0.213. The summed E-state index contributed by atoms with van der Waals surface area (Å²) >= 11 is 1.54. The highest BCUT2D eigenvalue weighted by Crippen LogP contribution is 2.36. The van der Waals surface area contributed by atoms with Gasteiger partial charge in [-0.3, -0.25) is 29.2 Å². The van der Waals surface area contributed by atoms with Crippen LogP contribution in [0.1, 0.15) is 25.3 Å². The van der Waals surface area contributed by atoms with E-state index >= 15 is 0 Å². The molecule has 6 nitrogen and oxygen atoms in total. The molecular formula is C21H23N3O3S. The first kappa shape index (κ1) is 18.9. The molecule has 28 heavy (non-hydrogen) atoms. The van der Waals surface area contributed by atoms with Crippen molar-refractivity contribution in [2.75, 3.05) is 12.3 Å². The maximum absolute atomic E-state index is 13.1. The molecule has 2 heterocycles. The van der Waals surface area contributed by atoms with E-state index in [1.165, 1.54) is 16.7 Å². The Morgan fingerprint density at radius 3 is 2.43 bits per heavy atom. The first-order valence-corrected chi connectivity index (χ1v) is 10.6. The Bertz CT molecular complexity index is 826. The van der Waals surface area contributed by atoms with E-state index in [-0.39, 0.29) is 29.6 Å².